The molecule has 0 unspecified atom stereocenters. The van der Waals surface area contributed by atoms with Crippen molar-refractivity contribution in [3.05, 3.63) is 69.5 Å². The summed E-state index contributed by atoms with van der Waals surface area (Å²) in [4.78, 5) is 26.6. The molecular formula is C20H16ClN3O2. The van der Waals surface area contributed by atoms with Gasteiger partial charge in [-0.25, -0.2) is 4.52 Å². The summed E-state index contributed by atoms with van der Waals surface area (Å²) in [5.41, 5.74) is 3.40. The number of halogens is 1. The lowest BCUT2D eigenvalue weighted by Crippen LogP contribution is -2.30. The molecule has 1 aliphatic heterocycles. The summed E-state index contributed by atoms with van der Waals surface area (Å²) in [5, 5.41) is 5.12. The van der Waals surface area contributed by atoms with Crippen LogP contribution < -0.4 is 0 Å². The van der Waals surface area contributed by atoms with Gasteiger partial charge in [0, 0.05) is 44.9 Å². The van der Waals surface area contributed by atoms with Crippen LogP contribution in [-0.4, -0.2) is 33.2 Å². The molecule has 3 heterocycles. The lowest BCUT2D eigenvalue weighted by atomic mass is 9.85. The predicted octanol–water partition coefficient (Wildman–Crippen LogP) is 3.85. The van der Waals surface area contributed by atoms with Gasteiger partial charge in [-0.2, -0.15) is 5.10 Å². The van der Waals surface area contributed by atoms with Crippen molar-refractivity contribution in [2.75, 3.05) is 6.98 Å². The van der Waals surface area contributed by atoms with E-state index in [1.165, 1.54) is 6.92 Å². The van der Waals surface area contributed by atoms with Crippen molar-refractivity contribution < 1.29 is 13.7 Å². The van der Waals surface area contributed by atoms with Crippen LogP contribution in [0.5, 0.6) is 0 Å². The van der Waals surface area contributed by atoms with Gasteiger partial charge in [0.05, 0.1) is 17.3 Å². The van der Waals surface area contributed by atoms with Crippen LogP contribution in [0.25, 0.3) is 5.52 Å². The number of benzene rings is 1. The molecular weight excluding hydrogens is 350 g/mol. The van der Waals surface area contributed by atoms with Crippen LogP contribution >= 0.6 is 11.6 Å². The molecule has 130 valence electrons. The SMILES string of the molecule is [2H]C([2H])([2H])N1C(=O)c2cccc(C(C)=O)c2[C@H]2C[C@@H]1c1nn3ccc(Cl)cc3c12. The quantitative estimate of drug-likeness (QED) is 0.613. The lowest BCUT2D eigenvalue weighted by Gasteiger charge is -2.23. The van der Waals surface area contributed by atoms with Crippen LogP contribution in [0.3, 0.4) is 0 Å². The standard InChI is InChI=1S/C20H16ClN3O2/c1-10(25)12-4-3-5-13-17(12)14-9-16(23(2)20(13)26)19-18(14)15-8-11(21)6-7-24(15)22-19/h3-8,14,16H,9H2,1-2H3/t14-,16-/m1/s1/i2D3. The Hall–Kier alpha value is -2.66. The normalized spacial score (nSPS) is 23.1. The summed E-state index contributed by atoms with van der Waals surface area (Å²) in [6.45, 7) is -1.19. The van der Waals surface area contributed by atoms with E-state index in [9.17, 15) is 9.59 Å². The van der Waals surface area contributed by atoms with E-state index in [0.29, 0.717) is 28.3 Å². The molecule has 5 rings (SSSR count). The van der Waals surface area contributed by atoms with Gasteiger partial charge in [0.1, 0.15) is 0 Å². The van der Waals surface area contributed by atoms with Crippen molar-refractivity contribution in [3.8, 4) is 0 Å². The van der Waals surface area contributed by atoms with Crippen LogP contribution in [0.2, 0.25) is 5.02 Å². The summed E-state index contributed by atoms with van der Waals surface area (Å²) in [6.07, 6.45) is 2.07. The van der Waals surface area contributed by atoms with Gasteiger partial charge in [-0.1, -0.05) is 23.7 Å². The monoisotopic (exact) mass is 368 g/mol. The van der Waals surface area contributed by atoms with Gasteiger partial charge in [-0.05, 0) is 37.1 Å². The van der Waals surface area contributed by atoms with Gasteiger partial charge in [0.15, 0.2) is 5.78 Å². The Kier molecular flexibility index (Phi) is 2.52. The summed E-state index contributed by atoms with van der Waals surface area (Å²) in [6, 6.07) is 7.68. The molecule has 0 saturated carbocycles. The third kappa shape index (κ3) is 1.89. The minimum atomic E-state index is -2.64. The highest BCUT2D eigenvalue weighted by atomic mass is 35.5. The summed E-state index contributed by atoms with van der Waals surface area (Å²) < 4.78 is 25.7. The van der Waals surface area contributed by atoms with E-state index in [4.69, 9.17) is 15.7 Å². The molecule has 2 aromatic heterocycles. The van der Waals surface area contributed by atoms with Crippen molar-refractivity contribution >= 4 is 28.8 Å². The highest BCUT2D eigenvalue weighted by Crippen LogP contribution is 2.52. The van der Waals surface area contributed by atoms with E-state index >= 15 is 0 Å². The number of fused-ring (bicyclic) bond motifs is 9. The number of rotatable bonds is 1. The molecule has 6 heteroatoms. The topological polar surface area (TPSA) is 54.7 Å². The maximum absolute atomic E-state index is 13.3. The molecule has 1 aromatic carbocycles. The molecule has 2 aliphatic rings. The lowest BCUT2D eigenvalue weighted by molar-refractivity contribution is 0.0734. The van der Waals surface area contributed by atoms with E-state index < -0.39 is 18.9 Å². The van der Waals surface area contributed by atoms with Crippen LogP contribution in [0.15, 0.2) is 36.5 Å². The number of pyridine rings is 1. The van der Waals surface area contributed by atoms with Crippen LogP contribution in [-0.2, 0) is 0 Å². The first-order valence-corrected chi connectivity index (χ1v) is 8.71. The molecule has 0 radical (unpaired) electrons. The minimum absolute atomic E-state index is 0.170. The van der Waals surface area contributed by atoms with Gasteiger partial charge < -0.3 is 4.90 Å². The largest absolute Gasteiger partial charge is 0.333 e. The molecule has 0 saturated heterocycles. The van der Waals surface area contributed by atoms with Gasteiger partial charge >= 0.3 is 0 Å². The number of aromatic nitrogens is 2. The Labute approximate surface area is 159 Å². The van der Waals surface area contributed by atoms with Gasteiger partial charge in [-0.15, -0.1) is 0 Å². The zero-order chi connectivity index (χ0) is 20.7. The number of carbonyl (C=O) groups excluding carboxylic acids is 2. The van der Waals surface area contributed by atoms with Crippen molar-refractivity contribution in [1.82, 2.24) is 14.5 Å². The molecule has 0 N–H and O–H groups in total. The number of ketones is 1. The van der Waals surface area contributed by atoms with Gasteiger partial charge in [0.2, 0.25) is 0 Å². The fourth-order valence-corrected chi connectivity index (χ4v) is 4.47. The number of nitrogens with zero attached hydrogens (tertiary/aromatic N) is 3. The molecule has 0 fully saturated rings. The molecule has 5 nitrogen and oxygen atoms in total. The third-order valence-corrected chi connectivity index (χ3v) is 5.62. The van der Waals surface area contributed by atoms with E-state index in [1.54, 1.807) is 41.0 Å². The third-order valence-electron chi connectivity index (χ3n) is 5.38. The fraction of sp³-hybridized carbons (Fsp3) is 0.250. The van der Waals surface area contributed by atoms with Gasteiger partial charge in [0.25, 0.3) is 5.91 Å². The fourth-order valence-electron chi connectivity index (χ4n) is 4.31. The first-order chi connectivity index (χ1) is 13.7. The molecule has 2 bridgehead atoms. The zero-order valence-electron chi connectivity index (χ0n) is 16.9. The molecule has 26 heavy (non-hydrogen) atoms. The Morgan fingerprint density at radius 1 is 1.35 bits per heavy atom. The molecule has 1 amide bonds. The van der Waals surface area contributed by atoms with E-state index in [0.717, 1.165) is 16.0 Å². The maximum Gasteiger partial charge on any atom is 0.254 e. The van der Waals surface area contributed by atoms with Crippen molar-refractivity contribution in [2.24, 2.45) is 0 Å². The molecule has 1 aliphatic carbocycles. The Bertz CT molecular complexity index is 1220. The second-order valence-electron chi connectivity index (χ2n) is 6.78. The average molecular weight is 369 g/mol. The van der Waals surface area contributed by atoms with Crippen LogP contribution in [0.4, 0.5) is 0 Å². The van der Waals surface area contributed by atoms with E-state index in [2.05, 4.69) is 5.10 Å². The second kappa shape index (κ2) is 5.17. The minimum Gasteiger partial charge on any atom is -0.333 e. The second-order valence-corrected chi connectivity index (χ2v) is 7.21. The van der Waals surface area contributed by atoms with Crippen molar-refractivity contribution in [2.45, 2.75) is 25.3 Å². The van der Waals surface area contributed by atoms with Gasteiger partial charge in [-0.3, -0.25) is 9.59 Å². The Morgan fingerprint density at radius 2 is 2.19 bits per heavy atom. The van der Waals surface area contributed by atoms with E-state index in [-0.39, 0.29) is 17.3 Å². The van der Waals surface area contributed by atoms with Crippen LogP contribution in [0.1, 0.15) is 67.0 Å². The van der Waals surface area contributed by atoms with Crippen LogP contribution in [0, 0.1) is 0 Å². The summed E-state index contributed by atoms with van der Waals surface area (Å²) in [5.74, 6) is -1.09. The first kappa shape index (κ1) is 12.7. The predicted molar refractivity (Wildman–Crippen MR) is 97.9 cm³/mol. The molecule has 2 atom stereocenters. The first-order valence-electron chi connectivity index (χ1n) is 9.83. The Morgan fingerprint density at radius 3 is 2.96 bits per heavy atom. The maximum atomic E-state index is 13.3. The van der Waals surface area contributed by atoms with Crippen molar-refractivity contribution in [1.29, 1.82) is 0 Å². The highest BCUT2D eigenvalue weighted by Gasteiger charge is 2.45. The number of Topliss-reactive ketones (excluding diaryl/α,β-unsaturated/α-hetero) is 1. The Balaban J connectivity index is 1.90. The average Bonchev–Trinajstić information content (AvgIpc) is 3.13. The molecule has 3 aromatic rings. The highest BCUT2D eigenvalue weighted by molar-refractivity contribution is 6.30. The van der Waals surface area contributed by atoms with E-state index in [1.807, 2.05) is 0 Å². The number of hydrogen-bond donors (Lipinski definition) is 0. The van der Waals surface area contributed by atoms with Crippen molar-refractivity contribution in [3.63, 3.8) is 0 Å². The summed E-state index contributed by atoms with van der Waals surface area (Å²) in [7, 11) is 0. The number of carbonyl (C=O) groups is 2. The molecule has 0 spiro atoms. The number of amides is 1. The summed E-state index contributed by atoms with van der Waals surface area (Å²) >= 11 is 6.21. The smallest absolute Gasteiger partial charge is 0.254 e. The number of hydrogen-bond acceptors (Lipinski definition) is 3. The zero-order valence-corrected chi connectivity index (χ0v) is 14.6.